The second-order valence-corrected chi connectivity index (χ2v) is 7.70. The number of nitrogens with one attached hydrogen (secondary N) is 2. The van der Waals surface area contributed by atoms with Crippen molar-refractivity contribution in [1.82, 2.24) is 10.0 Å². The van der Waals surface area contributed by atoms with Crippen molar-refractivity contribution in [2.75, 3.05) is 7.05 Å². The van der Waals surface area contributed by atoms with Crippen LogP contribution in [0.3, 0.4) is 0 Å². The van der Waals surface area contributed by atoms with Crippen LogP contribution < -0.4 is 10.0 Å². The molecule has 1 aliphatic rings. The largest absolute Gasteiger partial charge is 0.316 e. The van der Waals surface area contributed by atoms with Crippen LogP contribution in [-0.4, -0.2) is 21.5 Å². The summed E-state index contributed by atoms with van der Waals surface area (Å²) >= 11 is 0. The summed E-state index contributed by atoms with van der Waals surface area (Å²) in [4.78, 5) is 0.352. The molecule has 0 aromatic heterocycles. The normalized spacial score (nSPS) is 18.6. The average Bonchev–Trinajstić information content (AvgIpc) is 2.48. The fraction of sp³-hybridized carbons (Fsp3) is 0.625. The van der Waals surface area contributed by atoms with Crippen LogP contribution in [0.1, 0.15) is 44.6 Å². The van der Waals surface area contributed by atoms with Gasteiger partial charge in [0, 0.05) is 12.6 Å². The molecule has 1 unspecified atom stereocenters. The van der Waals surface area contributed by atoms with Crippen molar-refractivity contribution in [2.24, 2.45) is 5.92 Å². The van der Waals surface area contributed by atoms with Crippen molar-refractivity contribution in [3.8, 4) is 0 Å². The molecule has 0 spiro atoms. The summed E-state index contributed by atoms with van der Waals surface area (Å²) in [5, 5.41) is 3.05. The molecule has 1 aromatic rings. The number of hydrogen-bond donors (Lipinski definition) is 2. The van der Waals surface area contributed by atoms with Gasteiger partial charge in [0.1, 0.15) is 0 Å². The molecule has 5 heteroatoms. The van der Waals surface area contributed by atoms with Gasteiger partial charge in [0.15, 0.2) is 0 Å². The molecule has 1 saturated carbocycles. The van der Waals surface area contributed by atoms with Gasteiger partial charge < -0.3 is 5.32 Å². The van der Waals surface area contributed by atoms with Crippen LogP contribution in [0.4, 0.5) is 0 Å². The van der Waals surface area contributed by atoms with E-state index >= 15 is 0 Å². The fourth-order valence-electron chi connectivity index (χ4n) is 3.03. The van der Waals surface area contributed by atoms with Gasteiger partial charge in [-0.05, 0) is 50.4 Å². The van der Waals surface area contributed by atoms with Crippen LogP contribution in [0, 0.1) is 5.92 Å². The maximum absolute atomic E-state index is 12.4. The Balaban J connectivity index is 2.03. The molecule has 0 radical (unpaired) electrons. The minimum atomic E-state index is -3.41. The summed E-state index contributed by atoms with van der Waals surface area (Å²) in [7, 11) is -1.54. The maximum atomic E-state index is 12.4. The van der Waals surface area contributed by atoms with Crippen LogP contribution in [-0.2, 0) is 16.6 Å². The van der Waals surface area contributed by atoms with Crippen LogP contribution in [0.5, 0.6) is 0 Å². The summed E-state index contributed by atoms with van der Waals surface area (Å²) in [6.07, 6.45) is 5.98. The smallest absolute Gasteiger partial charge is 0.240 e. The van der Waals surface area contributed by atoms with Crippen molar-refractivity contribution < 1.29 is 8.42 Å². The minimum Gasteiger partial charge on any atom is -0.316 e. The molecule has 0 bridgehead atoms. The van der Waals surface area contributed by atoms with Gasteiger partial charge in [-0.1, -0.05) is 31.4 Å². The average molecular weight is 310 g/mol. The van der Waals surface area contributed by atoms with Crippen molar-refractivity contribution in [3.63, 3.8) is 0 Å². The summed E-state index contributed by atoms with van der Waals surface area (Å²) < 4.78 is 27.7. The van der Waals surface area contributed by atoms with E-state index in [-0.39, 0.29) is 6.04 Å². The van der Waals surface area contributed by atoms with E-state index in [2.05, 4.69) is 10.0 Å². The van der Waals surface area contributed by atoms with Crippen LogP contribution in [0.15, 0.2) is 29.2 Å². The lowest BCUT2D eigenvalue weighted by Crippen LogP contribution is -2.38. The Bertz CT molecular complexity index is 534. The topological polar surface area (TPSA) is 58.2 Å². The van der Waals surface area contributed by atoms with Gasteiger partial charge in [0.05, 0.1) is 4.90 Å². The maximum Gasteiger partial charge on any atom is 0.240 e. The Morgan fingerprint density at radius 1 is 1.14 bits per heavy atom. The zero-order valence-corrected chi connectivity index (χ0v) is 13.7. The second kappa shape index (κ2) is 7.38. The number of hydrogen-bond acceptors (Lipinski definition) is 3. The predicted octanol–water partition coefficient (Wildman–Crippen LogP) is 2.65. The fourth-order valence-corrected chi connectivity index (χ4v) is 4.35. The van der Waals surface area contributed by atoms with Crippen LogP contribution >= 0.6 is 0 Å². The Hall–Kier alpha value is -0.910. The van der Waals surface area contributed by atoms with Crippen molar-refractivity contribution >= 4 is 10.0 Å². The Morgan fingerprint density at radius 2 is 1.76 bits per heavy atom. The highest BCUT2D eigenvalue weighted by atomic mass is 32.2. The van der Waals surface area contributed by atoms with Crippen LogP contribution in [0.25, 0.3) is 0 Å². The first kappa shape index (κ1) is 16.5. The molecule has 1 aliphatic carbocycles. The first-order chi connectivity index (χ1) is 10.0. The molecule has 21 heavy (non-hydrogen) atoms. The lowest BCUT2D eigenvalue weighted by molar-refractivity contribution is 0.303. The highest BCUT2D eigenvalue weighted by molar-refractivity contribution is 7.89. The first-order valence-corrected chi connectivity index (χ1v) is 9.27. The lowest BCUT2D eigenvalue weighted by atomic mass is 9.85. The standard InChI is InChI=1S/C16H26N2O2S/c1-13(15-6-4-3-5-7-15)18-21(19,20)16-10-8-14(9-11-16)12-17-2/h8-11,13,15,17-18H,3-7,12H2,1-2H3. The Kier molecular flexibility index (Phi) is 5.79. The van der Waals surface area contributed by atoms with Gasteiger partial charge >= 0.3 is 0 Å². The molecule has 1 atom stereocenters. The van der Waals surface area contributed by atoms with Crippen molar-refractivity contribution in [1.29, 1.82) is 0 Å². The number of sulfonamides is 1. The predicted molar refractivity (Wildman–Crippen MR) is 85.6 cm³/mol. The molecule has 1 aromatic carbocycles. The van der Waals surface area contributed by atoms with E-state index in [9.17, 15) is 8.42 Å². The third-order valence-electron chi connectivity index (χ3n) is 4.31. The van der Waals surface area contributed by atoms with Gasteiger partial charge in [-0.2, -0.15) is 0 Å². The van der Waals surface area contributed by atoms with Gasteiger partial charge in [-0.15, -0.1) is 0 Å². The summed E-state index contributed by atoms with van der Waals surface area (Å²) in [6, 6.07) is 7.09. The van der Waals surface area contributed by atoms with E-state index < -0.39 is 10.0 Å². The highest BCUT2D eigenvalue weighted by Crippen LogP contribution is 2.27. The molecule has 0 aliphatic heterocycles. The summed E-state index contributed by atoms with van der Waals surface area (Å²) in [5.41, 5.74) is 1.08. The molecule has 4 nitrogen and oxygen atoms in total. The lowest BCUT2D eigenvalue weighted by Gasteiger charge is -2.28. The van der Waals surface area contributed by atoms with Gasteiger partial charge in [0.25, 0.3) is 0 Å². The van der Waals surface area contributed by atoms with E-state index in [4.69, 9.17) is 0 Å². The molecular formula is C16H26N2O2S. The molecule has 1 fully saturated rings. The second-order valence-electron chi connectivity index (χ2n) is 5.98. The van der Waals surface area contributed by atoms with E-state index in [0.717, 1.165) is 24.9 Å². The Morgan fingerprint density at radius 3 is 2.33 bits per heavy atom. The van der Waals surface area contributed by atoms with Gasteiger partial charge in [-0.3, -0.25) is 0 Å². The SMILES string of the molecule is CNCc1ccc(S(=O)(=O)NC(C)C2CCCCC2)cc1. The highest BCUT2D eigenvalue weighted by Gasteiger charge is 2.25. The van der Waals surface area contributed by atoms with Crippen molar-refractivity contribution in [2.45, 2.75) is 56.5 Å². The molecule has 2 rings (SSSR count). The number of benzene rings is 1. The molecule has 0 saturated heterocycles. The third-order valence-corrected chi connectivity index (χ3v) is 5.89. The molecule has 0 amide bonds. The third kappa shape index (κ3) is 4.53. The summed E-state index contributed by atoms with van der Waals surface area (Å²) in [6.45, 7) is 2.73. The summed E-state index contributed by atoms with van der Waals surface area (Å²) in [5.74, 6) is 0.470. The van der Waals surface area contributed by atoms with Gasteiger partial charge in [-0.25, -0.2) is 13.1 Å². The van der Waals surface area contributed by atoms with E-state index in [1.807, 2.05) is 26.1 Å². The van der Waals surface area contributed by atoms with E-state index in [1.165, 1.54) is 19.3 Å². The van der Waals surface area contributed by atoms with Crippen molar-refractivity contribution in [3.05, 3.63) is 29.8 Å². The van der Waals surface area contributed by atoms with E-state index in [1.54, 1.807) is 12.1 Å². The zero-order valence-electron chi connectivity index (χ0n) is 12.9. The quantitative estimate of drug-likeness (QED) is 0.849. The first-order valence-electron chi connectivity index (χ1n) is 7.79. The molecular weight excluding hydrogens is 284 g/mol. The molecule has 2 N–H and O–H groups in total. The minimum absolute atomic E-state index is 0.00675. The molecule has 118 valence electrons. The van der Waals surface area contributed by atoms with E-state index in [0.29, 0.717) is 10.8 Å². The number of rotatable bonds is 6. The van der Waals surface area contributed by atoms with Gasteiger partial charge in [0.2, 0.25) is 10.0 Å². The zero-order chi connectivity index (χ0) is 15.3. The van der Waals surface area contributed by atoms with Crippen LogP contribution in [0.2, 0.25) is 0 Å². The Labute approximate surface area is 128 Å². The molecule has 0 heterocycles. The monoisotopic (exact) mass is 310 g/mol.